The molecule has 0 radical (unpaired) electrons. The molecule has 1 aliphatic rings. The molecule has 106 valence electrons. The largest absolute Gasteiger partial charge is 0.370 e. The third-order valence-electron chi connectivity index (χ3n) is 3.79. The number of aromatic nitrogens is 2. The molecule has 4 heteroatoms. The summed E-state index contributed by atoms with van der Waals surface area (Å²) in [6.45, 7) is 11.6. The van der Waals surface area contributed by atoms with Crippen molar-refractivity contribution in [2.75, 3.05) is 17.2 Å². The second kappa shape index (κ2) is 5.76. The van der Waals surface area contributed by atoms with Gasteiger partial charge in [0.05, 0.1) is 0 Å². The number of hydrogen-bond donors (Lipinski definition) is 2. The van der Waals surface area contributed by atoms with Gasteiger partial charge in [-0.15, -0.1) is 0 Å². The first-order valence-electron chi connectivity index (χ1n) is 7.45. The molecule has 0 aromatic carbocycles. The van der Waals surface area contributed by atoms with Gasteiger partial charge in [-0.05, 0) is 26.2 Å². The second-order valence-corrected chi connectivity index (χ2v) is 5.74. The summed E-state index contributed by atoms with van der Waals surface area (Å²) in [4.78, 5) is 9.33. The molecular formula is C15H26N4. The van der Waals surface area contributed by atoms with Gasteiger partial charge in [-0.25, -0.2) is 9.97 Å². The van der Waals surface area contributed by atoms with Gasteiger partial charge in [-0.2, -0.15) is 0 Å². The fraction of sp³-hybridized carbons (Fsp3) is 0.733. The van der Waals surface area contributed by atoms with Crippen LogP contribution in [0.1, 0.15) is 57.8 Å². The van der Waals surface area contributed by atoms with Crippen LogP contribution in [0.5, 0.6) is 0 Å². The Balaban J connectivity index is 2.24. The lowest BCUT2D eigenvalue weighted by molar-refractivity contribution is 0.758. The van der Waals surface area contributed by atoms with E-state index in [-0.39, 0.29) is 0 Å². The molecule has 1 fully saturated rings. The van der Waals surface area contributed by atoms with E-state index in [1.165, 1.54) is 12.8 Å². The molecule has 2 N–H and O–H groups in total. The minimum absolute atomic E-state index is 0.347. The van der Waals surface area contributed by atoms with Gasteiger partial charge in [-0.3, -0.25) is 0 Å². The summed E-state index contributed by atoms with van der Waals surface area (Å²) < 4.78 is 0. The van der Waals surface area contributed by atoms with Crippen LogP contribution in [0.25, 0.3) is 0 Å². The van der Waals surface area contributed by atoms with Crippen LogP contribution in [0.3, 0.4) is 0 Å². The smallest absolute Gasteiger partial charge is 0.135 e. The molecule has 0 bridgehead atoms. The Morgan fingerprint density at radius 1 is 1.21 bits per heavy atom. The predicted octanol–water partition coefficient (Wildman–Crippen LogP) is 3.55. The molecular weight excluding hydrogens is 236 g/mol. The van der Waals surface area contributed by atoms with Crippen molar-refractivity contribution in [3.63, 3.8) is 0 Å². The third-order valence-corrected chi connectivity index (χ3v) is 3.79. The summed E-state index contributed by atoms with van der Waals surface area (Å²) in [5.41, 5.74) is 1.13. The molecule has 0 saturated heterocycles. The van der Waals surface area contributed by atoms with Crippen molar-refractivity contribution in [2.24, 2.45) is 5.92 Å². The van der Waals surface area contributed by atoms with Gasteiger partial charge in [0.15, 0.2) is 0 Å². The number of anilines is 2. The van der Waals surface area contributed by atoms with E-state index in [4.69, 9.17) is 4.98 Å². The molecule has 4 nitrogen and oxygen atoms in total. The molecule has 0 spiro atoms. The maximum absolute atomic E-state index is 4.70. The maximum Gasteiger partial charge on any atom is 0.135 e. The monoisotopic (exact) mass is 262 g/mol. The molecule has 1 aromatic heterocycles. The maximum atomic E-state index is 4.70. The van der Waals surface area contributed by atoms with Crippen molar-refractivity contribution >= 4 is 11.6 Å². The highest BCUT2D eigenvalue weighted by atomic mass is 15.1. The van der Waals surface area contributed by atoms with Crippen molar-refractivity contribution in [1.82, 2.24) is 9.97 Å². The SMILES string of the molecule is CCNc1nc(C(C)C)nc(NC2CC2CC)c1C. The zero-order valence-electron chi connectivity index (χ0n) is 12.7. The molecule has 0 amide bonds. The predicted molar refractivity (Wildman–Crippen MR) is 80.8 cm³/mol. The van der Waals surface area contributed by atoms with Gasteiger partial charge < -0.3 is 10.6 Å². The first-order valence-corrected chi connectivity index (χ1v) is 7.45. The summed E-state index contributed by atoms with van der Waals surface area (Å²) in [5.74, 6) is 4.06. The zero-order valence-corrected chi connectivity index (χ0v) is 12.7. The molecule has 1 saturated carbocycles. The van der Waals surface area contributed by atoms with Crippen molar-refractivity contribution in [1.29, 1.82) is 0 Å². The fourth-order valence-corrected chi connectivity index (χ4v) is 2.32. The molecule has 0 aliphatic heterocycles. The highest BCUT2D eigenvalue weighted by Gasteiger charge is 2.36. The van der Waals surface area contributed by atoms with Gasteiger partial charge in [0.1, 0.15) is 17.5 Å². The third kappa shape index (κ3) is 3.17. The van der Waals surface area contributed by atoms with Crippen LogP contribution < -0.4 is 10.6 Å². The summed E-state index contributed by atoms with van der Waals surface area (Å²) in [6, 6.07) is 0.605. The number of nitrogens with one attached hydrogen (secondary N) is 2. The molecule has 1 aromatic rings. The van der Waals surface area contributed by atoms with Crippen LogP contribution >= 0.6 is 0 Å². The first kappa shape index (κ1) is 14.1. The average molecular weight is 262 g/mol. The van der Waals surface area contributed by atoms with Crippen LogP contribution in [-0.4, -0.2) is 22.6 Å². The summed E-state index contributed by atoms with van der Waals surface area (Å²) in [6.07, 6.45) is 2.52. The second-order valence-electron chi connectivity index (χ2n) is 5.74. The Bertz CT molecular complexity index is 442. The summed E-state index contributed by atoms with van der Waals surface area (Å²) >= 11 is 0. The quantitative estimate of drug-likeness (QED) is 0.823. The van der Waals surface area contributed by atoms with Crippen LogP contribution in [0, 0.1) is 12.8 Å². The van der Waals surface area contributed by atoms with Crippen LogP contribution in [0.2, 0.25) is 0 Å². The lowest BCUT2D eigenvalue weighted by Crippen LogP contribution is -2.13. The first-order chi connectivity index (χ1) is 9.06. The lowest BCUT2D eigenvalue weighted by Gasteiger charge is -2.16. The van der Waals surface area contributed by atoms with Crippen LogP contribution in [-0.2, 0) is 0 Å². The van der Waals surface area contributed by atoms with Crippen molar-refractivity contribution in [3.05, 3.63) is 11.4 Å². The van der Waals surface area contributed by atoms with Gasteiger partial charge in [0.25, 0.3) is 0 Å². The standard InChI is InChI=1S/C15H26N4/c1-6-11-8-12(11)17-15-10(5)14(16-7-2)18-13(19-15)9(3)4/h9,11-12H,6-8H2,1-5H3,(H2,16,17,18,19). The fourth-order valence-electron chi connectivity index (χ4n) is 2.32. The van der Waals surface area contributed by atoms with Gasteiger partial charge in [0.2, 0.25) is 0 Å². The van der Waals surface area contributed by atoms with E-state index in [9.17, 15) is 0 Å². The van der Waals surface area contributed by atoms with E-state index in [0.29, 0.717) is 12.0 Å². The Hall–Kier alpha value is -1.32. The van der Waals surface area contributed by atoms with E-state index in [1.807, 2.05) is 0 Å². The lowest BCUT2D eigenvalue weighted by atomic mass is 10.2. The Labute approximate surface area is 116 Å². The van der Waals surface area contributed by atoms with Crippen molar-refractivity contribution in [3.8, 4) is 0 Å². The number of hydrogen-bond acceptors (Lipinski definition) is 4. The van der Waals surface area contributed by atoms with E-state index < -0.39 is 0 Å². The van der Waals surface area contributed by atoms with E-state index in [1.54, 1.807) is 0 Å². The van der Waals surface area contributed by atoms with E-state index >= 15 is 0 Å². The van der Waals surface area contributed by atoms with Gasteiger partial charge in [0, 0.05) is 24.1 Å². The Morgan fingerprint density at radius 3 is 2.42 bits per heavy atom. The minimum atomic E-state index is 0.347. The van der Waals surface area contributed by atoms with Crippen molar-refractivity contribution < 1.29 is 0 Å². The van der Waals surface area contributed by atoms with E-state index in [2.05, 4.69) is 50.2 Å². The molecule has 19 heavy (non-hydrogen) atoms. The van der Waals surface area contributed by atoms with E-state index in [0.717, 1.165) is 35.5 Å². The normalized spacial score (nSPS) is 21.6. The zero-order chi connectivity index (χ0) is 14.0. The highest BCUT2D eigenvalue weighted by molar-refractivity contribution is 5.58. The Morgan fingerprint density at radius 2 is 1.89 bits per heavy atom. The number of rotatable bonds is 6. The van der Waals surface area contributed by atoms with Crippen LogP contribution in [0.15, 0.2) is 0 Å². The molecule has 1 heterocycles. The minimum Gasteiger partial charge on any atom is -0.370 e. The van der Waals surface area contributed by atoms with Gasteiger partial charge in [-0.1, -0.05) is 27.2 Å². The molecule has 2 rings (SSSR count). The Kier molecular flexibility index (Phi) is 4.27. The molecule has 2 unspecified atom stereocenters. The van der Waals surface area contributed by atoms with Crippen LogP contribution in [0.4, 0.5) is 11.6 Å². The topological polar surface area (TPSA) is 49.8 Å². The molecule has 1 aliphatic carbocycles. The van der Waals surface area contributed by atoms with Gasteiger partial charge >= 0.3 is 0 Å². The van der Waals surface area contributed by atoms with Crippen molar-refractivity contribution in [2.45, 2.75) is 59.4 Å². The highest BCUT2D eigenvalue weighted by Crippen LogP contribution is 2.37. The average Bonchev–Trinajstić information content (AvgIpc) is 3.12. The molecule has 2 atom stereocenters. The summed E-state index contributed by atoms with van der Waals surface area (Å²) in [7, 11) is 0. The summed E-state index contributed by atoms with van der Waals surface area (Å²) in [5, 5.41) is 6.93. The number of nitrogens with zero attached hydrogens (tertiary/aromatic N) is 2.